The highest BCUT2D eigenvalue weighted by molar-refractivity contribution is 5.89. The summed E-state index contributed by atoms with van der Waals surface area (Å²) in [5.41, 5.74) is -0.404. The number of esters is 1. The monoisotopic (exact) mass is 479 g/mol. The number of carbonyl (C=O) groups excluding carboxylic acids is 2. The molecule has 0 spiro atoms. The summed E-state index contributed by atoms with van der Waals surface area (Å²) in [4.78, 5) is 26.2. The number of rotatable bonds is 15. The molecule has 0 aromatic carbocycles. The van der Waals surface area contributed by atoms with Crippen molar-refractivity contribution >= 4 is 11.8 Å². The van der Waals surface area contributed by atoms with Crippen molar-refractivity contribution in [3.63, 3.8) is 0 Å². The van der Waals surface area contributed by atoms with Crippen molar-refractivity contribution in [1.82, 2.24) is 5.32 Å². The van der Waals surface area contributed by atoms with Crippen LogP contribution in [0.25, 0.3) is 0 Å². The highest BCUT2D eigenvalue weighted by Crippen LogP contribution is 2.32. The SMILES string of the molecule is CCC(C)(CC)NC(C(=O)C(C)(CC)CC)C(C)CCC(=O)OCCC1CCCCCCCC1. The first kappa shape index (κ1) is 31.1. The Hall–Kier alpha value is -0.900. The molecule has 0 radical (unpaired) electrons. The van der Waals surface area contributed by atoms with E-state index in [1.165, 1.54) is 51.4 Å². The Morgan fingerprint density at radius 2 is 1.41 bits per heavy atom. The van der Waals surface area contributed by atoms with E-state index in [0.717, 1.165) is 32.1 Å². The number of Topliss-reactive ketones (excluding diaryl/α,β-unsaturated/α-hetero) is 1. The molecule has 0 saturated heterocycles. The quantitative estimate of drug-likeness (QED) is 0.242. The minimum Gasteiger partial charge on any atom is -0.466 e. The standard InChI is InChI=1S/C30H57NO3/c1-8-29(6,9-2)28(33)27(31-30(7,10-3)11-4)24(5)20-21-26(32)34-23-22-25-18-16-14-12-13-15-17-19-25/h24-25,27,31H,8-23H2,1-7H3. The first-order valence-corrected chi connectivity index (χ1v) is 14.6. The van der Waals surface area contributed by atoms with Gasteiger partial charge in [0.15, 0.2) is 5.78 Å². The number of carbonyl (C=O) groups is 2. The van der Waals surface area contributed by atoms with E-state index in [4.69, 9.17) is 4.74 Å². The lowest BCUT2D eigenvalue weighted by Crippen LogP contribution is -2.56. The Bertz CT molecular complexity index is 570. The van der Waals surface area contributed by atoms with Crippen LogP contribution in [-0.4, -0.2) is 29.9 Å². The van der Waals surface area contributed by atoms with Gasteiger partial charge < -0.3 is 10.1 Å². The molecule has 1 aliphatic carbocycles. The van der Waals surface area contributed by atoms with Gasteiger partial charge in [-0.2, -0.15) is 0 Å². The summed E-state index contributed by atoms with van der Waals surface area (Å²) in [7, 11) is 0. The Morgan fingerprint density at radius 3 is 1.91 bits per heavy atom. The Morgan fingerprint density at radius 1 is 0.882 bits per heavy atom. The lowest BCUT2D eigenvalue weighted by Gasteiger charge is -2.39. The molecule has 1 rings (SSSR count). The third-order valence-corrected chi connectivity index (χ3v) is 9.14. The van der Waals surface area contributed by atoms with Crippen molar-refractivity contribution in [3.8, 4) is 0 Å². The van der Waals surface area contributed by atoms with Crippen molar-refractivity contribution in [2.45, 2.75) is 156 Å². The zero-order valence-corrected chi connectivity index (χ0v) is 23.8. The highest BCUT2D eigenvalue weighted by atomic mass is 16.5. The van der Waals surface area contributed by atoms with Crippen molar-refractivity contribution in [2.75, 3.05) is 6.61 Å². The van der Waals surface area contributed by atoms with E-state index in [0.29, 0.717) is 31.1 Å². The maximum Gasteiger partial charge on any atom is 0.305 e. The van der Waals surface area contributed by atoms with Crippen LogP contribution in [0.4, 0.5) is 0 Å². The summed E-state index contributed by atoms with van der Waals surface area (Å²) in [6.07, 6.45) is 16.4. The first-order chi connectivity index (χ1) is 16.1. The van der Waals surface area contributed by atoms with Crippen molar-refractivity contribution < 1.29 is 14.3 Å². The number of ketones is 1. The molecule has 4 nitrogen and oxygen atoms in total. The van der Waals surface area contributed by atoms with Gasteiger partial charge in [-0.3, -0.25) is 9.59 Å². The number of nitrogens with one attached hydrogen (secondary N) is 1. The van der Waals surface area contributed by atoms with Crippen LogP contribution in [0.2, 0.25) is 0 Å². The third-order valence-electron chi connectivity index (χ3n) is 9.14. The third kappa shape index (κ3) is 10.4. The van der Waals surface area contributed by atoms with Crippen LogP contribution in [0.1, 0.15) is 145 Å². The average molecular weight is 480 g/mol. The van der Waals surface area contributed by atoms with Crippen LogP contribution in [-0.2, 0) is 14.3 Å². The second-order valence-electron chi connectivity index (χ2n) is 11.6. The van der Waals surface area contributed by atoms with E-state index >= 15 is 0 Å². The number of ether oxygens (including phenoxy) is 1. The van der Waals surface area contributed by atoms with Crippen LogP contribution < -0.4 is 5.32 Å². The Kier molecular flexibility index (Phi) is 14.6. The Balaban J connectivity index is 2.64. The molecule has 0 aliphatic heterocycles. The molecular formula is C30H57NO3. The largest absolute Gasteiger partial charge is 0.466 e. The maximum atomic E-state index is 13.7. The van der Waals surface area contributed by atoms with Crippen LogP contribution in [0, 0.1) is 17.3 Å². The van der Waals surface area contributed by atoms with E-state index in [2.05, 4.69) is 53.8 Å². The zero-order chi connectivity index (χ0) is 25.6. The van der Waals surface area contributed by atoms with E-state index in [1.54, 1.807) is 0 Å². The fourth-order valence-electron chi connectivity index (χ4n) is 5.20. The van der Waals surface area contributed by atoms with Crippen LogP contribution in [0.3, 0.4) is 0 Å². The molecule has 0 amide bonds. The summed E-state index contributed by atoms with van der Waals surface area (Å²) in [5, 5.41) is 3.73. The van der Waals surface area contributed by atoms with Crippen LogP contribution >= 0.6 is 0 Å². The van der Waals surface area contributed by atoms with Gasteiger partial charge in [-0.15, -0.1) is 0 Å². The van der Waals surface area contributed by atoms with Gasteiger partial charge in [0.2, 0.25) is 0 Å². The van der Waals surface area contributed by atoms with E-state index in [-0.39, 0.29) is 28.9 Å². The van der Waals surface area contributed by atoms with E-state index in [9.17, 15) is 9.59 Å². The fourth-order valence-corrected chi connectivity index (χ4v) is 5.20. The summed E-state index contributed by atoms with van der Waals surface area (Å²) in [6.45, 7) is 15.5. The number of hydrogen-bond acceptors (Lipinski definition) is 4. The predicted octanol–water partition coefficient (Wildman–Crippen LogP) is 8.02. The molecule has 1 saturated carbocycles. The Labute approximate surface area is 211 Å². The van der Waals surface area contributed by atoms with Gasteiger partial charge in [0, 0.05) is 17.4 Å². The zero-order valence-electron chi connectivity index (χ0n) is 23.8. The molecule has 34 heavy (non-hydrogen) atoms. The van der Waals surface area contributed by atoms with Gasteiger partial charge in [-0.1, -0.05) is 92.9 Å². The normalized spacial score (nSPS) is 18.4. The summed E-state index contributed by atoms with van der Waals surface area (Å²) in [6, 6.07) is -0.235. The molecule has 0 aromatic rings. The van der Waals surface area contributed by atoms with Gasteiger partial charge >= 0.3 is 5.97 Å². The van der Waals surface area contributed by atoms with Gasteiger partial charge in [0.1, 0.15) is 0 Å². The molecule has 2 unspecified atom stereocenters. The lowest BCUT2D eigenvalue weighted by molar-refractivity contribution is -0.145. The second-order valence-corrected chi connectivity index (χ2v) is 11.6. The minimum atomic E-state index is -0.328. The topological polar surface area (TPSA) is 55.4 Å². The van der Waals surface area contributed by atoms with Crippen LogP contribution in [0.5, 0.6) is 0 Å². The lowest BCUT2D eigenvalue weighted by atomic mass is 9.73. The summed E-state index contributed by atoms with van der Waals surface area (Å²) >= 11 is 0. The van der Waals surface area contributed by atoms with Gasteiger partial charge in [-0.25, -0.2) is 0 Å². The smallest absolute Gasteiger partial charge is 0.305 e. The summed E-state index contributed by atoms with van der Waals surface area (Å²) < 4.78 is 5.65. The van der Waals surface area contributed by atoms with Crippen molar-refractivity contribution in [1.29, 1.82) is 0 Å². The molecule has 0 heterocycles. The molecule has 0 aromatic heterocycles. The average Bonchev–Trinajstić information content (AvgIpc) is 2.98. The minimum absolute atomic E-state index is 0.0754. The molecule has 1 N–H and O–H groups in total. The highest BCUT2D eigenvalue weighted by Gasteiger charge is 2.40. The molecule has 0 bridgehead atoms. The molecule has 1 aliphatic rings. The molecule has 1 fully saturated rings. The molecule has 200 valence electrons. The number of hydrogen-bond donors (Lipinski definition) is 1. The van der Waals surface area contributed by atoms with Gasteiger partial charge in [0.05, 0.1) is 12.6 Å². The van der Waals surface area contributed by atoms with E-state index < -0.39 is 0 Å². The second kappa shape index (κ2) is 16.0. The molecule has 4 heteroatoms. The molecular weight excluding hydrogens is 422 g/mol. The summed E-state index contributed by atoms with van der Waals surface area (Å²) in [5.74, 6) is 0.983. The first-order valence-electron chi connectivity index (χ1n) is 14.6. The van der Waals surface area contributed by atoms with Gasteiger partial charge in [-0.05, 0) is 57.3 Å². The van der Waals surface area contributed by atoms with Crippen molar-refractivity contribution in [3.05, 3.63) is 0 Å². The maximum absolute atomic E-state index is 13.7. The molecule has 2 atom stereocenters. The van der Waals surface area contributed by atoms with Crippen molar-refractivity contribution in [2.24, 2.45) is 17.3 Å². The predicted molar refractivity (Wildman–Crippen MR) is 144 cm³/mol. The van der Waals surface area contributed by atoms with Crippen LogP contribution in [0.15, 0.2) is 0 Å². The van der Waals surface area contributed by atoms with E-state index in [1.807, 2.05) is 0 Å². The fraction of sp³-hybridized carbons (Fsp3) is 0.933. The van der Waals surface area contributed by atoms with Gasteiger partial charge in [0.25, 0.3) is 0 Å².